The molecule has 1 aliphatic rings. The second kappa shape index (κ2) is 11.2. The number of amides is 2. The molecule has 2 aromatic carbocycles. The molecule has 2 N–H and O–H groups in total. The van der Waals surface area contributed by atoms with E-state index in [0.717, 1.165) is 5.69 Å². The number of carboxylic acid groups (broad SMARTS) is 1. The van der Waals surface area contributed by atoms with Crippen LogP contribution in [-0.2, 0) is 9.59 Å². The van der Waals surface area contributed by atoms with Gasteiger partial charge in [-0.05, 0) is 30.7 Å². The highest BCUT2D eigenvalue weighted by molar-refractivity contribution is 5.96. The average Bonchev–Trinajstić information content (AvgIpc) is 2.86. The third-order valence-electron chi connectivity index (χ3n) is 5.65. The van der Waals surface area contributed by atoms with Gasteiger partial charge in [0.25, 0.3) is 5.91 Å². The standard InChI is InChI=1S/C24H29N3O6/c1-32-18-8-10-20(21(16-18)33-2)26-12-14-27(15-13-26)22(28)11-9-19(24(30)31)25-23(29)17-6-4-3-5-7-17/h3-8,10,16,19H,9,11-15H2,1-2H3,(H,25,29)(H,30,31)/t19-/m0/s1. The minimum atomic E-state index is -1.16. The Balaban J connectivity index is 1.52. The highest BCUT2D eigenvalue weighted by Crippen LogP contribution is 2.32. The summed E-state index contributed by atoms with van der Waals surface area (Å²) in [5.74, 6) is -0.359. The van der Waals surface area contributed by atoms with E-state index in [4.69, 9.17) is 9.47 Å². The second-order valence-electron chi connectivity index (χ2n) is 7.67. The zero-order valence-electron chi connectivity index (χ0n) is 18.8. The lowest BCUT2D eigenvalue weighted by atomic mass is 10.1. The molecule has 0 radical (unpaired) electrons. The van der Waals surface area contributed by atoms with E-state index in [1.165, 1.54) is 0 Å². The Kier molecular flexibility index (Phi) is 8.12. The molecule has 0 bridgehead atoms. The number of hydrogen-bond acceptors (Lipinski definition) is 6. The first kappa shape index (κ1) is 23.9. The van der Waals surface area contributed by atoms with E-state index in [1.807, 2.05) is 18.2 Å². The third-order valence-corrected chi connectivity index (χ3v) is 5.65. The minimum absolute atomic E-state index is 0.0270. The van der Waals surface area contributed by atoms with Crippen LogP contribution >= 0.6 is 0 Å². The van der Waals surface area contributed by atoms with Crippen LogP contribution in [0.2, 0.25) is 0 Å². The molecule has 33 heavy (non-hydrogen) atoms. The summed E-state index contributed by atoms with van der Waals surface area (Å²) in [5.41, 5.74) is 1.31. The fourth-order valence-electron chi connectivity index (χ4n) is 3.76. The number of methoxy groups -OCH3 is 2. The number of carbonyl (C=O) groups is 3. The number of carboxylic acids is 1. The molecule has 0 saturated carbocycles. The van der Waals surface area contributed by atoms with E-state index in [9.17, 15) is 19.5 Å². The summed E-state index contributed by atoms with van der Waals surface area (Å²) in [7, 11) is 3.20. The molecule has 1 fully saturated rings. The van der Waals surface area contributed by atoms with Gasteiger partial charge in [-0.1, -0.05) is 18.2 Å². The van der Waals surface area contributed by atoms with Gasteiger partial charge in [0.15, 0.2) is 0 Å². The number of ether oxygens (including phenoxy) is 2. The lowest BCUT2D eigenvalue weighted by Crippen LogP contribution is -2.49. The fraction of sp³-hybridized carbons (Fsp3) is 0.375. The lowest BCUT2D eigenvalue weighted by molar-refractivity contribution is -0.139. The molecule has 176 valence electrons. The largest absolute Gasteiger partial charge is 0.497 e. The number of piperazine rings is 1. The molecular weight excluding hydrogens is 426 g/mol. The van der Waals surface area contributed by atoms with Crippen molar-refractivity contribution in [2.24, 2.45) is 0 Å². The van der Waals surface area contributed by atoms with Gasteiger partial charge in [0.2, 0.25) is 5.91 Å². The van der Waals surface area contributed by atoms with Crippen molar-refractivity contribution in [1.82, 2.24) is 10.2 Å². The molecule has 9 heteroatoms. The van der Waals surface area contributed by atoms with E-state index in [0.29, 0.717) is 43.2 Å². The maximum Gasteiger partial charge on any atom is 0.326 e. The van der Waals surface area contributed by atoms with Crippen LogP contribution in [0.1, 0.15) is 23.2 Å². The van der Waals surface area contributed by atoms with Crippen LogP contribution in [0.15, 0.2) is 48.5 Å². The Morgan fingerprint density at radius 2 is 1.70 bits per heavy atom. The van der Waals surface area contributed by atoms with Crippen molar-refractivity contribution in [3.05, 3.63) is 54.1 Å². The van der Waals surface area contributed by atoms with Gasteiger partial charge in [-0.3, -0.25) is 9.59 Å². The highest BCUT2D eigenvalue weighted by atomic mass is 16.5. The second-order valence-corrected chi connectivity index (χ2v) is 7.67. The smallest absolute Gasteiger partial charge is 0.326 e. The van der Waals surface area contributed by atoms with Crippen molar-refractivity contribution in [3.63, 3.8) is 0 Å². The van der Waals surface area contributed by atoms with Gasteiger partial charge in [0.05, 0.1) is 19.9 Å². The van der Waals surface area contributed by atoms with Crippen molar-refractivity contribution < 1.29 is 29.0 Å². The summed E-state index contributed by atoms with van der Waals surface area (Å²) in [6.45, 7) is 2.29. The van der Waals surface area contributed by atoms with Gasteiger partial charge in [0, 0.05) is 44.2 Å². The van der Waals surface area contributed by atoms with Gasteiger partial charge in [-0.15, -0.1) is 0 Å². The van der Waals surface area contributed by atoms with Crippen molar-refractivity contribution in [1.29, 1.82) is 0 Å². The summed E-state index contributed by atoms with van der Waals surface area (Å²) in [6, 6.07) is 12.9. The van der Waals surface area contributed by atoms with Crippen molar-refractivity contribution in [2.45, 2.75) is 18.9 Å². The van der Waals surface area contributed by atoms with E-state index in [2.05, 4.69) is 10.2 Å². The topological polar surface area (TPSA) is 108 Å². The zero-order chi connectivity index (χ0) is 23.8. The van der Waals surface area contributed by atoms with Gasteiger partial charge in [-0.25, -0.2) is 4.79 Å². The van der Waals surface area contributed by atoms with Gasteiger partial charge in [0.1, 0.15) is 17.5 Å². The number of nitrogens with zero attached hydrogens (tertiary/aromatic N) is 2. The summed E-state index contributed by atoms with van der Waals surface area (Å²) in [5, 5.41) is 12.0. The molecule has 2 aromatic rings. The number of nitrogens with one attached hydrogen (secondary N) is 1. The molecule has 1 aliphatic heterocycles. The Bertz CT molecular complexity index is 973. The van der Waals surface area contributed by atoms with Crippen LogP contribution in [0, 0.1) is 0 Å². The van der Waals surface area contributed by atoms with Crippen LogP contribution in [-0.4, -0.2) is 74.2 Å². The highest BCUT2D eigenvalue weighted by Gasteiger charge is 2.26. The van der Waals surface area contributed by atoms with Crippen LogP contribution in [0.4, 0.5) is 5.69 Å². The van der Waals surface area contributed by atoms with Gasteiger partial charge >= 0.3 is 5.97 Å². The number of benzene rings is 2. The first-order valence-electron chi connectivity index (χ1n) is 10.8. The molecule has 0 aromatic heterocycles. The molecule has 1 heterocycles. The Hall–Kier alpha value is -3.75. The number of rotatable bonds is 9. The van der Waals surface area contributed by atoms with Crippen molar-refractivity contribution in [3.8, 4) is 11.5 Å². The molecule has 0 unspecified atom stereocenters. The predicted molar refractivity (Wildman–Crippen MR) is 123 cm³/mol. The third kappa shape index (κ3) is 6.15. The molecule has 1 saturated heterocycles. The summed E-state index contributed by atoms with van der Waals surface area (Å²) >= 11 is 0. The number of anilines is 1. The minimum Gasteiger partial charge on any atom is -0.497 e. The number of hydrogen-bond donors (Lipinski definition) is 2. The maximum absolute atomic E-state index is 12.7. The predicted octanol–water partition coefficient (Wildman–Crippen LogP) is 2.02. The molecule has 0 spiro atoms. The quantitative estimate of drug-likeness (QED) is 0.595. The molecule has 0 aliphatic carbocycles. The Morgan fingerprint density at radius 3 is 2.30 bits per heavy atom. The normalized spacial score (nSPS) is 14.4. The molecule has 3 rings (SSSR count). The average molecular weight is 456 g/mol. The number of carbonyl (C=O) groups excluding carboxylic acids is 2. The van der Waals surface area contributed by atoms with Crippen LogP contribution in [0.5, 0.6) is 11.5 Å². The van der Waals surface area contributed by atoms with Gasteiger partial charge in [-0.2, -0.15) is 0 Å². The molecule has 2 amide bonds. The van der Waals surface area contributed by atoms with E-state index < -0.39 is 17.9 Å². The maximum atomic E-state index is 12.7. The van der Waals surface area contributed by atoms with Crippen LogP contribution in [0.3, 0.4) is 0 Å². The van der Waals surface area contributed by atoms with Crippen LogP contribution < -0.4 is 19.7 Å². The van der Waals surface area contributed by atoms with E-state index in [1.54, 1.807) is 49.5 Å². The molecule has 1 atom stereocenters. The van der Waals surface area contributed by atoms with Crippen molar-refractivity contribution in [2.75, 3.05) is 45.3 Å². The van der Waals surface area contributed by atoms with Crippen LogP contribution in [0.25, 0.3) is 0 Å². The SMILES string of the molecule is COc1ccc(N2CCN(C(=O)CC[C@H](NC(=O)c3ccccc3)C(=O)O)CC2)c(OC)c1. The van der Waals surface area contributed by atoms with Crippen molar-refractivity contribution >= 4 is 23.5 Å². The first-order valence-corrected chi connectivity index (χ1v) is 10.8. The summed E-state index contributed by atoms with van der Waals surface area (Å²) in [4.78, 5) is 40.4. The number of aliphatic carboxylic acids is 1. The van der Waals surface area contributed by atoms with Gasteiger partial charge < -0.3 is 29.7 Å². The molecular formula is C24H29N3O6. The Morgan fingerprint density at radius 1 is 1.00 bits per heavy atom. The zero-order valence-corrected chi connectivity index (χ0v) is 18.8. The van der Waals surface area contributed by atoms with E-state index in [-0.39, 0.29) is 18.7 Å². The Labute approximate surface area is 192 Å². The van der Waals surface area contributed by atoms with E-state index >= 15 is 0 Å². The summed E-state index contributed by atoms with van der Waals surface area (Å²) in [6.07, 6.45) is 0.0666. The fourth-order valence-corrected chi connectivity index (χ4v) is 3.76. The molecule has 9 nitrogen and oxygen atoms in total. The monoisotopic (exact) mass is 455 g/mol. The lowest BCUT2D eigenvalue weighted by Gasteiger charge is -2.36. The first-order chi connectivity index (χ1) is 15.9. The summed E-state index contributed by atoms with van der Waals surface area (Å²) < 4.78 is 10.7.